The van der Waals surface area contributed by atoms with Crippen LogP contribution >= 0.6 is 11.3 Å². The predicted octanol–water partition coefficient (Wildman–Crippen LogP) is 5.95. The molecule has 1 aliphatic heterocycles. The molecule has 1 aromatic heterocycles. The van der Waals surface area contributed by atoms with E-state index in [1.807, 2.05) is 66.0 Å². The topological polar surface area (TPSA) is 112 Å². The van der Waals surface area contributed by atoms with Gasteiger partial charge >= 0.3 is 0 Å². The molecule has 9 nitrogen and oxygen atoms in total. The number of amides is 1. The first kappa shape index (κ1) is 29.2. The molecule has 224 valence electrons. The first-order valence-electron chi connectivity index (χ1n) is 14.0. The fourth-order valence-electron chi connectivity index (χ4n) is 5.10. The Morgan fingerprint density at radius 1 is 0.864 bits per heavy atom. The van der Waals surface area contributed by atoms with Gasteiger partial charge in [0.25, 0.3) is 15.9 Å². The SMILES string of the molecule is COc1ccc(C(=O)N2CCN(c3nc(-c4ccccc4)cs3)CC2)c(NS(=O)(=O)c2ccc(-c3ccccc3)cc2O)c1. The van der Waals surface area contributed by atoms with Gasteiger partial charge < -0.3 is 19.6 Å². The minimum absolute atomic E-state index is 0.0655. The molecule has 0 saturated carbocycles. The van der Waals surface area contributed by atoms with E-state index in [1.165, 1.54) is 25.3 Å². The van der Waals surface area contributed by atoms with Crippen molar-refractivity contribution in [2.45, 2.75) is 4.90 Å². The van der Waals surface area contributed by atoms with E-state index in [0.717, 1.165) is 22.0 Å². The maximum Gasteiger partial charge on any atom is 0.265 e. The minimum atomic E-state index is -4.26. The highest BCUT2D eigenvalue weighted by Gasteiger charge is 2.28. The van der Waals surface area contributed by atoms with Gasteiger partial charge in [0.1, 0.15) is 16.4 Å². The fourth-order valence-corrected chi connectivity index (χ4v) is 7.14. The van der Waals surface area contributed by atoms with Gasteiger partial charge in [-0.05, 0) is 35.4 Å². The fraction of sp³-hybridized carbons (Fsp3) is 0.152. The Morgan fingerprint density at radius 3 is 2.20 bits per heavy atom. The van der Waals surface area contributed by atoms with Gasteiger partial charge in [-0.15, -0.1) is 11.3 Å². The molecular formula is C33H30N4O5S2. The molecule has 4 aromatic carbocycles. The van der Waals surface area contributed by atoms with Crippen molar-refractivity contribution in [3.8, 4) is 33.9 Å². The number of sulfonamides is 1. The van der Waals surface area contributed by atoms with Crippen molar-refractivity contribution < 1.29 is 23.1 Å². The van der Waals surface area contributed by atoms with E-state index in [9.17, 15) is 18.3 Å². The zero-order chi connectivity index (χ0) is 30.7. The number of phenolic OH excluding ortho intramolecular Hbond substituents is 1. The van der Waals surface area contributed by atoms with Crippen LogP contribution in [-0.2, 0) is 10.0 Å². The number of nitrogens with zero attached hydrogens (tertiary/aromatic N) is 3. The Bertz CT molecular complexity index is 1890. The molecular weight excluding hydrogens is 597 g/mol. The third kappa shape index (κ3) is 6.10. The van der Waals surface area contributed by atoms with Crippen molar-refractivity contribution in [1.82, 2.24) is 9.88 Å². The maximum atomic E-state index is 13.7. The lowest BCUT2D eigenvalue weighted by Gasteiger charge is -2.35. The summed E-state index contributed by atoms with van der Waals surface area (Å²) in [5, 5.41) is 13.6. The Labute approximate surface area is 260 Å². The third-order valence-electron chi connectivity index (χ3n) is 7.46. The second-order valence-corrected chi connectivity index (χ2v) is 12.7. The summed E-state index contributed by atoms with van der Waals surface area (Å²) in [5.41, 5.74) is 3.73. The standard InChI is InChI=1S/C33H30N4O5S2/c1-42-26-13-14-27(28(21-26)35-44(40,41)31-15-12-25(20-30(31)38)23-8-4-2-5-9-23)32(39)36-16-18-37(19-17-36)33-34-29(22-43-33)24-10-6-3-7-11-24/h2-15,20-22,35,38H,16-19H2,1H3. The van der Waals surface area contributed by atoms with Crippen LogP contribution in [0.1, 0.15) is 10.4 Å². The summed E-state index contributed by atoms with van der Waals surface area (Å²) in [6.07, 6.45) is 0. The zero-order valence-corrected chi connectivity index (χ0v) is 25.5. The molecule has 1 saturated heterocycles. The summed E-state index contributed by atoms with van der Waals surface area (Å²) >= 11 is 1.57. The molecule has 1 aliphatic rings. The number of piperazine rings is 1. The van der Waals surface area contributed by atoms with E-state index >= 15 is 0 Å². The highest BCUT2D eigenvalue weighted by molar-refractivity contribution is 7.92. The van der Waals surface area contributed by atoms with Crippen LogP contribution < -0.4 is 14.4 Å². The van der Waals surface area contributed by atoms with Crippen molar-refractivity contribution in [3.63, 3.8) is 0 Å². The van der Waals surface area contributed by atoms with Gasteiger partial charge in [0.2, 0.25) is 0 Å². The largest absolute Gasteiger partial charge is 0.506 e. The Kier molecular flexibility index (Phi) is 8.23. The summed E-state index contributed by atoms with van der Waals surface area (Å²) in [7, 11) is -2.80. The number of carbonyl (C=O) groups excluding carboxylic acids is 1. The van der Waals surface area contributed by atoms with E-state index in [4.69, 9.17) is 9.72 Å². The number of nitrogens with one attached hydrogen (secondary N) is 1. The Morgan fingerprint density at radius 2 is 1.55 bits per heavy atom. The highest BCUT2D eigenvalue weighted by atomic mass is 32.2. The molecule has 6 rings (SSSR count). The number of hydrogen-bond acceptors (Lipinski definition) is 8. The molecule has 0 bridgehead atoms. The lowest BCUT2D eigenvalue weighted by atomic mass is 10.1. The number of phenols is 1. The lowest BCUT2D eigenvalue weighted by molar-refractivity contribution is 0.0748. The number of hydrogen-bond donors (Lipinski definition) is 2. The molecule has 2 N–H and O–H groups in total. The van der Waals surface area contributed by atoms with Gasteiger partial charge in [-0.25, -0.2) is 13.4 Å². The molecule has 5 aromatic rings. The van der Waals surface area contributed by atoms with Crippen LogP contribution in [0.5, 0.6) is 11.5 Å². The average Bonchev–Trinajstić information content (AvgIpc) is 3.55. The number of carbonyl (C=O) groups is 1. The number of aromatic hydroxyl groups is 1. The molecule has 11 heteroatoms. The highest BCUT2D eigenvalue weighted by Crippen LogP contribution is 2.33. The normalized spacial score (nSPS) is 13.5. The number of ether oxygens (including phenoxy) is 1. The summed E-state index contributed by atoms with van der Waals surface area (Å²) in [4.78, 5) is 22.1. The predicted molar refractivity (Wildman–Crippen MR) is 173 cm³/mol. The first-order valence-corrected chi connectivity index (χ1v) is 16.3. The summed E-state index contributed by atoms with van der Waals surface area (Å²) in [6.45, 7) is 2.07. The van der Waals surface area contributed by atoms with Crippen molar-refractivity contribution in [2.75, 3.05) is 42.9 Å². The van der Waals surface area contributed by atoms with E-state index in [-0.39, 0.29) is 22.1 Å². The van der Waals surface area contributed by atoms with Crippen molar-refractivity contribution in [1.29, 1.82) is 0 Å². The van der Waals surface area contributed by atoms with E-state index in [1.54, 1.807) is 34.4 Å². The molecule has 1 amide bonds. The smallest absolute Gasteiger partial charge is 0.265 e. The number of rotatable bonds is 8. The summed E-state index contributed by atoms with van der Waals surface area (Å²) < 4.78 is 34.8. The maximum absolute atomic E-state index is 13.7. The molecule has 0 atom stereocenters. The van der Waals surface area contributed by atoms with Crippen molar-refractivity contribution in [2.24, 2.45) is 0 Å². The monoisotopic (exact) mass is 626 g/mol. The van der Waals surface area contributed by atoms with E-state index in [0.29, 0.717) is 37.5 Å². The van der Waals surface area contributed by atoms with Gasteiger partial charge in [0.15, 0.2) is 5.13 Å². The number of methoxy groups -OCH3 is 1. The quantitative estimate of drug-likeness (QED) is 0.219. The second kappa shape index (κ2) is 12.4. The third-order valence-corrected chi connectivity index (χ3v) is 9.77. The lowest BCUT2D eigenvalue weighted by Crippen LogP contribution is -2.49. The molecule has 0 unspecified atom stereocenters. The second-order valence-electron chi connectivity index (χ2n) is 10.2. The Hall–Kier alpha value is -4.87. The molecule has 1 fully saturated rings. The Balaban J connectivity index is 1.19. The van der Waals surface area contributed by atoms with Crippen LogP contribution in [0.3, 0.4) is 0 Å². The van der Waals surface area contributed by atoms with Crippen LogP contribution in [0.25, 0.3) is 22.4 Å². The molecule has 44 heavy (non-hydrogen) atoms. The molecule has 0 aliphatic carbocycles. The van der Waals surface area contributed by atoms with Crippen LogP contribution in [-0.4, -0.2) is 62.6 Å². The number of aromatic nitrogens is 1. The van der Waals surface area contributed by atoms with Gasteiger partial charge in [-0.2, -0.15) is 0 Å². The van der Waals surface area contributed by atoms with Crippen molar-refractivity contribution >= 4 is 38.1 Å². The van der Waals surface area contributed by atoms with Crippen molar-refractivity contribution in [3.05, 3.63) is 108 Å². The van der Waals surface area contributed by atoms with Gasteiger partial charge in [0, 0.05) is 43.2 Å². The summed E-state index contributed by atoms with van der Waals surface area (Å²) in [5.74, 6) is -0.327. The van der Waals surface area contributed by atoms with Crippen LogP contribution in [0.2, 0.25) is 0 Å². The molecule has 0 radical (unpaired) electrons. The number of thiazole rings is 1. The molecule has 0 spiro atoms. The van der Waals surface area contributed by atoms with Crippen LogP contribution in [0.4, 0.5) is 10.8 Å². The van der Waals surface area contributed by atoms with Gasteiger partial charge in [0.05, 0.1) is 24.1 Å². The number of anilines is 2. The van der Waals surface area contributed by atoms with Gasteiger partial charge in [-0.3, -0.25) is 9.52 Å². The van der Waals surface area contributed by atoms with Gasteiger partial charge in [-0.1, -0.05) is 66.7 Å². The minimum Gasteiger partial charge on any atom is -0.506 e. The molecule has 2 heterocycles. The number of benzene rings is 4. The van der Waals surface area contributed by atoms with E-state index < -0.39 is 15.8 Å². The zero-order valence-electron chi connectivity index (χ0n) is 23.9. The summed E-state index contributed by atoms with van der Waals surface area (Å²) in [6, 6.07) is 28.4. The van der Waals surface area contributed by atoms with Crippen LogP contribution in [0, 0.1) is 0 Å². The average molecular weight is 627 g/mol. The van der Waals surface area contributed by atoms with Crippen LogP contribution in [0.15, 0.2) is 107 Å². The van der Waals surface area contributed by atoms with E-state index in [2.05, 4.69) is 9.62 Å². The first-order chi connectivity index (χ1) is 21.3.